The Morgan fingerprint density at radius 3 is 2.74 bits per heavy atom. The zero-order valence-corrected chi connectivity index (χ0v) is 13.9. The fourth-order valence-electron chi connectivity index (χ4n) is 2.88. The second kappa shape index (κ2) is 6.33. The molecular weight excluding hydrogens is 338 g/mol. The minimum atomic E-state index is -3.59. The van der Waals surface area contributed by atoms with Crippen molar-refractivity contribution in [1.82, 2.24) is 14.7 Å². The minimum Gasteiger partial charge on any atom is -0.338 e. The topological polar surface area (TPSA) is 72.3 Å². The van der Waals surface area contributed by atoms with Gasteiger partial charge in [0, 0.05) is 48.5 Å². The third-order valence-electron chi connectivity index (χ3n) is 3.83. The van der Waals surface area contributed by atoms with E-state index in [0.717, 1.165) is 11.3 Å². The first-order chi connectivity index (χ1) is 10.9. The van der Waals surface area contributed by atoms with Gasteiger partial charge in [0.1, 0.15) is 0 Å². The maximum atomic E-state index is 12.1. The van der Waals surface area contributed by atoms with Crippen LogP contribution >= 0.6 is 10.7 Å². The largest absolute Gasteiger partial charge is 0.338 e. The van der Waals surface area contributed by atoms with Crippen molar-refractivity contribution in [1.29, 1.82) is 0 Å². The summed E-state index contributed by atoms with van der Waals surface area (Å²) in [5, 5.41) is 4.22. The van der Waals surface area contributed by atoms with Crippen LogP contribution in [0, 0.1) is 5.92 Å². The molecule has 1 unspecified atom stereocenters. The predicted octanol–water partition coefficient (Wildman–Crippen LogP) is 1.79. The Morgan fingerprint density at radius 2 is 2.04 bits per heavy atom. The van der Waals surface area contributed by atoms with Crippen molar-refractivity contribution in [3.8, 4) is 5.69 Å². The first kappa shape index (κ1) is 16.0. The lowest BCUT2D eigenvalue weighted by Gasteiger charge is -2.18. The average Bonchev–Trinajstić information content (AvgIpc) is 3.09. The molecule has 2 heterocycles. The SMILES string of the molecule is O=C1CC(CS(=O)(=O)Cl)CN1Cc1ccccc1-n1cccn1. The summed E-state index contributed by atoms with van der Waals surface area (Å²) >= 11 is 0. The molecule has 23 heavy (non-hydrogen) atoms. The third kappa shape index (κ3) is 3.92. The normalized spacial score (nSPS) is 18.6. The predicted molar refractivity (Wildman–Crippen MR) is 86.7 cm³/mol. The molecule has 0 spiro atoms. The highest BCUT2D eigenvalue weighted by Crippen LogP contribution is 2.24. The molecule has 8 heteroatoms. The number of likely N-dealkylation sites (tertiary alicyclic amines) is 1. The summed E-state index contributed by atoms with van der Waals surface area (Å²) in [4.78, 5) is 13.8. The van der Waals surface area contributed by atoms with E-state index in [2.05, 4.69) is 5.10 Å². The van der Waals surface area contributed by atoms with Crippen LogP contribution in [0.2, 0.25) is 0 Å². The first-order valence-electron chi connectivity index (χ1n) is 7.20. The second-order valence-electron chi connectivity index (χ2n) is 5.63. The van der Waals surface area contributed by atoms with Crippen LogP contribution in [0.25, 0.3) is 5.69 Å². The lowest BCUT2D eigenvalue weighted by molar-refractivity contribution is -0.128. The highest BCUT2D eigenvalue weighted by Gasteiger charge is 2.32. The van der Waals surface area contributed by atoms with Crippen LogP contribution in [0.15, 0.2) is 42.7 Å². The molecule has 1 atom stereocenters. The standard InChI is InChI=1S/C15H16ClN3O3S/c16-23(21,22)11-12-8-15(20)18(9-12)10-13-4-1-2-5-14(13)19-7-3-6-17-19/h1-7,12H,8-11H2. The lowest BCUT2D eigenvalue weighted by atomic mass is 10.1. The van der Waals surface area contributed by atoms with E-state index in [1.807, 2.05) is 36.5 Å². The molecule has 1 aliphatic heterocycles. The van der Waals surface area contributed by atoms with Gasteiger partial charge in [0.15, 0.2) is 0 Å². The molecule has 0 bridgehead atoms. The first-order valence-corrected chi connectivity index (χ1v) is 9.68. The molecule has 1 saturated heterocycles. The quantitative estimate of drug-likeness (QED) is 0.768. The number of hydrogen-bond donors (Lipinski definition) is 0. The lowest BCUT2D eigenvalue weighted by Crippen LogP contribution is -2.26. The summed E-state index contributed by atoms with van der Waals surface area (Å²) in [7, 11) is 1.70. The van der Waals surface area contributed by atoms with E-state index >= 15 is 0 Å². The van der Waals surface area contributed by atoms with Crippen molar-refractivity contribution in [3.05, 3.63) is 48.3 Å². The number of benzene rings is 1. The Balaban J connectivity index is 1.77. The highest BCUT2D eigenvalue weighted by molar-refractivity contribution is 8.13. The van der Waals surface area contributed by atoms with Gasteiger partial charge in [-0.2, -0.15) is 5.10 Å². The smallest absolute Gasteiger partial charge is 0.232 e. The summed E-state index contributed by atoms with van der Waals surface area (Å²) in [5.74, 6) is -0.468. The van der Waals surface area contributed by atoms with E-state index in [-0.39, 0.29) is 24.0 Å². The van der Waals surface area contributed by atoms with Gasteiger partial charge >= 0.3 is 0 Å². The van der Waals surface area contributed by atoms with Crippen LogP contribution in [0.1, 0.15) is 12.0 Å². The Morgan fingerprint density at radius 1 is 1.26 bits per heavy atom. The van der Waals surface area contributed by atoms with E-state index in [9.17, 15) is 13.2 Å². The summed E-state index contributed by atoms with van der Waals surface area (Å²) in [6.07, 6.45) is 3.75. The van der Waals surface area contributed by atoms with Gasteiger partial charge in [-0.05, 0) is 17.7 Å². The molecule has 0 N–H and O–H groups in total. The number of carbonyl (C=O) groups excluding carboxylic acids is 1. The molecule has 2 aromatic rings. The summed E-state index contributed by atoms with van der Waals surface area (Å²) in [6.45, 7) is 0.825. The van der Waals surface area contributed by atoms with Crippen LogP contribution in [0.4, 0.5) is 0 Å². The number of rotatable bonds is 5. The van der Waals surface area contributed by atoms with E-state index in [0.29, 0.717) is 13.1 Å². The molecule has 1 aliphatic rings. The molecule has 122 valence electrons. The van der Waals surface area contributed by atoms with Gasteiger partial charge in [-0.1, -0.05) is 18.2 Å². The van der Waals surface area contributed by atoms with E-state index in [1.54, 1.807) is 15.8 Å². The summed E-state index contributed by atoms with van der Waals surface area (Å²) < 4.78 is 24.1. The number of carbonyl (C=O) groups is 1. The summed E-state index contributed by atoms with van der Waals surface area (Å²) in [6, 6.07) is 9.53. The number of aromatic nitrogens is 2. The molecule has 6 nitrogen and oxygen atoms in total. The molecule has 1 fully saturated rings. The van der Waals surface area contributed by atoms with Crippen LogP contribution in [-0.2, 0) is 20.4 Å². The molecule has 0 radical (unpaired) electrons. The van der Waals surface area contributed by atoms with Crippen LogP contribution in [0.3, 0.4) is 0 Å². The highest BCUT2D eigenvalue weighted by atomic mass is 35.7. The third-order valence-corrected chi connectivity index (χ3v) is 5.08. The maximum Gasteiger partial charge on any atom is 0.232 e. The van der Waals surface area contributed by atoms with Gasteiger partial charge in [0.2, 0.25) is 15.0 Å². The fourth-order valence-corrected chi connectivity index (χ4v) is 4.21. The van der Waals surface area contributed by atoms with Crippen LogP contribution < -0.4 is 0 Å². The van der Waals surface area contributed by atoms with Crippen molar-refractivity contribution in [2.75, 3.05) is 12.3 Å². The molecule has 1 aromatic heterocycles. The molecule has 0 saturated carbocycles. The van der Waals surface area contributed by atoms with Gasteiger partial charge in [0.05, 0.1) is 11.4 Å². The van der Waals surface area contributed by atoms with Crippen molar-refractivity contribution >= 4 is 25.6 Å². The van der Waals surface area contributed by atoms with Crippen molar-refractivity contribution in [3.63, 3.8) is 0 Å². The van der Waals surface area contributed by atoms with Gasteiger partial charge in [-0.25, -0.2) is 13.1 Å². The number of halogens is 1. The summed E-state index contributed by atoms with van der Waals surface area (Å²) in [5.41, 5.74) is 1.86. The zero-order valence-electron chi connectivity index (χ0n) is 12.3. The number of amides is 1. The molecule has 3 rings (SSSR count). The van der Waals surface area contributed by atoms with Gasteiger partial charge in [-0.15, -0.1) is 0 Å². The molecular formula is C15H16ClN3O3S. The van der Waals surface area contributed by atoms with Gasteiger partial charge < -0.3 is 4.90 Å². The van der Waals surface area contributed by atoms with E-state index in [4.69, 9.17) is 10.7 Å². The van der Waals surface area contributed by atoms with Gasteiger partial charge in [-0.3, -0.25) is 4.79 Å². The second-order valence-corrected chi connectivity index (χ2v) is 8.45. The van der Waals surface area contributed by atoms with Crippen molar-refractivity contribution in [2.45, 2.75) is 13.0 Å². The monoisotopic (exact) mass is 353 g/mol. The van der Waals surface area contributed by atoms with Crippen LogP contribution in [-0.4, -0.2) is 41.3 Å². The Labute approximate surface area is 139 Å². The van der Waals surface area contributed by atoms with Gasteiger partial charge in [0.25, 0.3) is 0 Å². The Bertz CT molecular complexity index is 805. The van der Waals surface area contributed by atoms with Crippen molar-refractivity contribution < 1.29 is 13.2 Å². The average molecular weight is 354 g/mol. The van der Waals surface area contributed by atoms with E-state index in [1.165, 1.54) is 0 Å². The number of nitrogens with zero attached hydrogens (tertiary/aromatic N) is 3. The maximum absolute atomic E-state index is 12.1. The van der Waals surface area contributed by atoms with E-state index < -0.39 is 9.05 Å². The molecule has 1 aromatic carbocycles. The Kier molecular flexibility index (Phi) is 4.41. The molecule has 1 amide bonds. The van der Waals surface area contributed by atoms with Crippen molar-refractivity contribution in [2.24, 2.45) is 5.92 Å². The Hall–Kier alpha value is -1.86. The zero-order chi connectivity index (χ0) is 16.4. The molecule has 0 aliphatic carbocycles. The number of para-hydroxylation sites is 1. The fraction of sp³-hybridized carbons (Fsp3) is 0.333. The minimum absolute atomic E-state index is 0.0504. The van der Waals surface area contributed by atoms with Crippen LogP contribution in [0.5, 0.6) is 0 Å². The number of hydrogen-bond acceptors (Lipinski definition) is 4.